The van der Waals surface area contributed by atoms with Crippen LogP contribution in [0.2, 0.25) is 0 Å². The maximum absolute atomic E-state index is 11.4. The number of aromatic nitrogens is 2. The highest BCUT2D eigenvalue weighted by atomic mass is 32.1. The smallest absolute Gasteiger partial charge is 0.373 e. The number of hydrogen-bond acceptors (Lipinski definition) is 7. The van der Waals surface area contributed by atoms with Gasteiger partial charge in [0.05, 0.1) is 14.2 Å². The summed E-state index contributed by atoms with van der Waals surface area (Å²) in [6, 6.07) is 5.48. The molecular weight excluding hydrogens is 332 g/mol. The number of thiazole rings is 1. The third-order valence-corrected chi connectivity index (χ3v) is 4.41. The lowest BCUT2D eigenvalue weighted by atomic mass is 10.2. The normalized spacial score (nSPS) is 10.8. The van der Waals surface area contributed by atoms with Crippen molar-refractivity contribution in [3.8, 4) is 11.5 Å². The molecule has 2 heterocycles. The van der Waals surface area contributed by atoms with Gasteiger partial charge in [-0.05, 0) is 17.1 Å². The first-order chi connectivity index (χ1) is 11.5. The molecule has 0 aliphatic carbocycles. The average Bonchev–Trinajstić information content (AvgIpc) is 3.15. The van der Waals surface area contributed by atoms with Crippen LogP contribution in [-0.2, 0) is 6.54 Å². The number of hydrogen-bond donors (Lipinski definition) is 0. The molecule has 126 valence electrons. The Bertz CT molecular complexity index is 889. The number of imidazole rings is 1. The van der Waals surface area contributed by atoms with Gasteiger partial charge in [-0.25, -0.2) is 0 Å². The Morgan fingerprint density at radius 3 is 2.83 bits per heavy atom. The Hall–Kier alpha value is -2.81. The second-order valence-corrected chi connectivity index (χ2v) is 5.98. The molecule has 0 N–H and O–H groups in total. The largest absolute Gasteiger partial charge is 0.497 e. The number of benzene rings is 1. The van der Waals surface area contributed by atoms with Crippen LogP contribution in [0.4, 0.5) is 11.6 Å². The number of methoxy groups -OCH3 is 2. The molecule has 0 fully saturated rings. The minimum atomic E-state index is -0.413. The first-order valence-electron chi connectivity index (χ1n) is 7.07. The van der Waals surface area contributed by atoms with Gasteiger partial charge < -0.3 is 24.5 Å². The predicted molar refractivity (Wildman–Crippen MR) is 91.4 cm³/mol. The van der Waals surface area contributed by atoms with Crippen LogP contribution in [0.1, 0.15) is 5.56 Å². The van der Waals surface area contributed by atoms with Crippen molar-refractivity contribution < 1.29 is 14.4 Å². The first kappa shape index (κ1) is 16.1. The summed E-state index contributed by atoms with van der Waals surface area (Å²) in [5.41, 5.74) is 0.881. The van der Waals surface area contributed by atoms with Gasteiger partial charge in [0.1, 0.15) is 17.7 Å². The molecule has 0 unspecified atom stereocenters. The summed E-state index contributed by atoms with van der Waals surface area (Å²) in [5, 5.41) is 13.2. The van der Waals surface area contributed by atoms with E-state index in [-0.39, 0.29) is 5.82 Å². The molecule has 3 aromatic rings. The van der Waals surface area contributed by atoms with Gasteiger partial charge in [0.15, 0.2) is 0 Å². The van der Waals surface area contributed by atoms with Crippen molar-refractivity contribution in [2.24, 2.45) is 0 Å². The topological polar surface area (TPSA) is 82.1 Å². The first-order valence-corrected chi connectivity index (χ1v) is 7.95. The molecule has 0 amide bonds. The van der Waals surface area contributed by atoms with Crippen molar-refractivity contribution in [3.63, 3.8) is 0 Å². The minimum absolute atomic E-state index is 0.0405. The number of ether oxygens (including phenoxy) is 2. The fourth-order valence-electron chi connectivity index (χ4n) is 2.50. The molecular formula is C15H16N4O4S. The Balaban J connectivity index is 1.96. The molecule has 0 aliphatic heterocycles. The molecule has 9 heteroatoms. The Morgan fingerprint density at radius 2 is 2.17 bits per heavy atom. The second-order valence-electron chi connectivity index (χ2n) is 5.11. The van der Waals surface area contributed by atoms with Crippen molar-refractivity contribution in [1.29, 1.82) is 0 Å². The van der Waals surface area contributed by atoms with Gasteiger partial charge in [-0.3, -0.25) is 0 Å². The van der Waals surface area contributed by atoms with Crippen molar-refractivity contribution in [3.05, 3.63) is 45.5 Å². The summed E-state index contributed by atoms with van der Waals surface area (Å²) in [5.74, 6) is 1.63. The molecule has 3 rings (SSSR count). The summed E-state index contributed by atoms with van der Waals surface area (Å²) >= 11 is 1.36. The maximum Gasteiger partial charge on any atom is 0.373 e. The van der Waals surface area contributed by atoms with Crippen LogP contribution in [-0.4, -0.2) is 35.6 Å². The highest BCUT2D eigenvalue weighted by molar-refractivity contribution is 7.15. The molecule has 2 aromatic heterocycles. The lowest BCUT2D eigenvalue weighted by molar-refractivity contribution is -0.389. The van der Waals surface area contributed by atoms with E-state index < -0.39 is 4.92 Å². The zero-order valence-electron chi connectivity index (χ0n) is 13.4. The Morgan fingerprint density at radius 1 is 1.38 bits per heavy atom. The number of anilines is 1. The van der Waals surface area contributed by atoms with E-state index in [1.165, 1.54) is 15.7 Å². The van der Waals surface area contributed by atoms with Gasteiger partial charge in [-0.15, -0.1) is 0 Å². The standard InChI is InChI=1S/C15H16N4O4S/c1-17(9-10-4-5-11(22-2)8-12(10)23-3)13-14(19(20)21)18-6-7-24-15(18)16-13/h4-8H,9H2,1-3H3. The molecule has 24 heavy (non-hydrogen) atoms. The van der Waals surface area contributed by atoms with E-state index in [0.717, 1.165) is 5.56 Å². The van der Waals surface area contributed by atoms with Gasteiger partial charge >= 0.3 is 5.82 Å². The molecule has 0 spiro atoms. The monoisotopic (exact) mass is 348 g/mol. The third-order valence-electron chi connectivity index (χ3n) is 3.66. The number of rotatable bonds is 6. The van der Waals surface area contributed by atoms with Crippen LogP contribution in [0.15, 0.2) is 29.8 Å². The highest BCUT2D eigenvalue weighted by Crippen LogP contribution is 2.33. The maximum atomic E-state index is 11.4. The molecule has 0 saturated carbocycles. The van der Waals surface area contributed by atoms with Gasteiger partial charge in [0, 0.05) is 30.6 Å². The summed E-state index contributed by atoms with van der Waals surface area (Å²) < 4.78 is 12.1. The molecule has 0 radical (unpaired) electrons. The van der Waals surface area contributed by atoms with Crippen molar-refractivity contribution in [2.45, 2.75) is 6.54 Å². The fraction of sp³-hybridized carbons (Fsp3) is 0.267. The van der Waals surface area contributed by atoms with Gasteiger partial charge in [-0.2, -0.15) is 9.38 Å². The Labute approximate surface area is 142 Å². The summed E-state index contributed by atoms with van der Waals surface area (Å²) in [4.78, 5) is 17.7. The predicted octanol–water partition coefficient (Wildman–Crippen LogP) is 2.96. The number of nitrogens with zero attached hydrogens (tertiary/aromatic N) is 4. The van der Waals surface area contributed by atoms with Crippen molar-refractivity contribution >= 4 is 27.9 Å². The zero-order valence-corrected chi connectivity index (χ0v) is 14.2. The van der Waals surface area contributed by atoms with E-state index in [9.17, 15) is 10.1 Å². The van der Waals surface area contributed by atoms with E-state index in [1.807, 2.05) is 12.1 Å². The molecule has 0 aliphatic rings. The quantitative estimate of drug-likeness (QED) is 0.503. The van der Waals surface area contributed by atoms with Crippen LogP contribution in [0.5, 0.6) is 11.5 Å². The van der Waals surface area contributed by atoms with E-state index in [4.69, 9.17) is 9.47 Å². The summed E-state index contributed by atoms with van der Waals surface area (Å²) in [7, 11) is 4.93. The third kappa shape index (κ3) is 2.73. The fourth-order valence-corrected chi connectivity index (χ4v) is 3.21. The van der Waals surface area contributed by atoms with Crippen LogP contribution in [0, 0.1) is 10.1 Å². The lowest BCUT2D eigenvalue weighted by Gasteiger charge is -2.18. The van der Waals surface area contributed by atoms with Crippen LogP contribution in [0.25, 0.3) is 4.96 Å². The Kier molecular flexibility index (Phi) is 4.26. The molecule has 0 saturated heterocycles. The van der Waals surface area contributed by atoms with Crippen LogP contribution < -0.4 is 14.4 Å². The van der Waals surface area contributed by atoms with Crippen molar-refractivity contribution in [1.82, 2.24) is 9.38 Å². The number of nitro groups is 1. The second kappa shape index (κ2) is 6.36. The minimum Gasteiger partial charge on any atom is -0.497 e. The van der Waals surface area contributed by atoms with E-state index in [0.29, 0.717) is 28.8 Å². The molecule has 1 aromatic carbocycles. The van der Waals surface area contributed by atoms with Gasteiger partial charge in [-0.1, -0.05) is 11.3 Å². The average molecular weight is 348 g/mol. The van der Waals surface area contributed by atoms with Crippen LogP contribution >= 0.6 is 11.3 Å². The number of fused-ring (bicyclic) bond motifs is 1. The summed E-state index contributed by atoms with van der Waals surface area (Å²) in [6.45, 7) is 0.416. The SMILES string of the molecule is COc1ccc(CN(C)c2nc3sccn3c2[N+](=O)[O-])c(OC)c1. The molecule has 0 bridgehead atoms. The molecule has 8 nitrogen and oxygen atoms in total. The van der Waals surface area contributed by atoms with E-state index in [2.05, 4.69) is 4.98 Å². The molecule has 0 atom stereocenters. The summed E-state index contributed by atoms with van der Waals surface area (Å²) in [6.07, 6.45) is 1.65. The van der Waals surface area contributed by atoms with E-state index in [1.54, 1.807) is 43.8 Å². The van der Waals surface area contributed by atoms with Crippen LogP contribution in [0.3, 0.4) is 0 Å². The van der Waals surface area contributed by atoms with Gasteiger partial charge in [0.25, 0.3) is 4.96 Å². The van der Waals surface area contributed by atoms with Crippen molar-refractivity contribution in [2.75, 3.05) is 26.2 Å². The lowest BCUT2D eigenvalue weighted by Crippen LogP contribution is -2.18. The highest BCUT2D eigenvalue weighted by Gasteiger charge is 2.26. The zero-order chi connectivity index (χ0) is 17.3. The van der Waals surface area contributed by atoms with Gasteiger partial charge in [0.2, 0.25) is 5.82 Å². The van der Waals surface area contributed by atoms with E-state index >= 15 is 0 Å².